The summed E-state index contributed by atoms with van der Waals surface area (Å²) >= 11 is 0. The Bertz CT molecular complexity index is 357. The van der Waals surface area contributed by atoms with E-state index in [0.29, 0.717) is 19.8 Å². The summed E-state index contributed by atoms with van der Waals surface area (Å²) in [6.45, 7) is 5.65. The van der Waals surface area contributed by atoms with Gasteiger partial charge in [0, 0.05) is 38.5 Å². The molecule has 3 amide bonds. The minimum atomic E-state index is -0.252. The molecule has 1 unspecified atom stereocenters. The van der Waals surface area contributed by atoms with Crippen molar-refractivity contribution >= 4 is 17.7 Å². The van der Waals surface area contributed by atoms with Crippen LogP contribution < -0.4 is 5.32 Å². The maximum atomic E-state index is 11.6. The number of unbranched alkanes of at least 4 members (excludes halogenated alkanes) is 1. The van der Waals surface area contributed by atoms with Gasteiger partial charge < -0.3 is 10.1 Å². The number of likely N-dealkylation sites (tertiary alicyclic amines) is 1. The lowest BCUT2D eigenvalue weighted by atomic mass is 10.1. The van der Waals surface area contributed by atoms with E-state index in [0.717, 1.165) is 12.8 Å². The minimum Gasteiger partial charge on any atom is -0.380 e. The van der Waals surface area contributed by atoms with E-state index in [1.807, 2.05) is 0 Å². The Morgan fingerprint density at radius 2 is 2.15 bits per heavy atom. The first-order chi connectivity index (χ1) is 9.56. The number of nitrogens with zero attached hydrogens (tertiary/aromatic N) is 1. The third kappa shape index (κ3) is 5.28. The third-order valence-electron chi connectivity index (χ3n) is 3.24. The summed E-state index contributed by atoms with van der Waals surface area (Å²) in [6.07, 6.45) is 2.51. The molecule has 1 heterocycles. The fourth-order valence-corrected chi connectivity index (χ4v) is 2.00. The maximum absolute atomic E-state index is 11.6. The van der Waals surface area contributed by atoms with E-state index in [1.165, 1.54) is 4.90 Å². The van der Waals surface area contributed by atoms with Crippen molar-refractivity contribution in [3.05, 3.63) is 0 Å². The van der Waals surface area contributed by atoms with Gasteiger partial charge in [-0.1, -0.05) is 20.3 Å². The lowest BCUT2D eigenvalue weighted by Gasteiger charge is -2.14. The number of amides is 3. The summed E-state index contributed by atoms with van der Waals surface area (Å²) in [6, 6.07) is 0. The minimum absolute atomic E-state index is 0.152. The largest absolute Gasteiger partial charge is 0.380 e. The Morgan fingerprint density at radius 3 is 2.75 bits per heavy atom. The molecular formula is C14H24N2O4. The summed E-state index contributed by atoms with van der Waals surface area (Å²) in [5.41, 5.74) is 0. The molecule has 1 rings (SSSR count). The number of ether oxygens (including phenoxy) is 1. The van der Waals surface area contributed by atoms with E-state index < -0.39 is 0 Å². The first-order valence-corrected chi connectivity index (χ1v) is 7.25. The Morgan fingerprint density at radius 1 is 1.40 bits per heavy atom. The second kappa shape index (κ2) is 8.68. The number of carbonyl (C=O) groups is 3. The van der Waals surface area contributed by atoms with Crippen molar-refractivity contribution in [1.29, 1.82) is 0 Å². The van der Waals surface area contributed by atoms with E-state index in [1.54, 1.807) is 6.92 Å². The van der Waals surface area contributed by atoms with Gasteiger partial charge in [0.15, 0.2) is 0 Å². The van der Waals surface area contributed by atoms with E-state index in [-0.39, 0.29) is 43.0 Å². The number of carbonyl (C=O) groups excluding carboxylic acids is 3. The second-order valence-electron chi connectivity index (χ2n) is 5.05. The lowest BCUT2D eigenvalue weighted by molar-refractivity contribution is -0.139. The zero-order chi connectivity index (χ0) is 15.0. The highest BCUT2D eigenvalue weighted by Crippen LogP contribution is 2.18. The molecule has 6 nitrogen and oxygen atoms in total. The Balaban J connectivity index is 2.11. The van der Waals surface area contributed by atoms with Crippen LogP contribution in [0.5, 0.6) is 0 Å². The highest BCUT2D eigenvalue weighted by molar-refractivity contribution is 6.03. The summed E-state index contributed by atoms with van der Waals surface area (Å²) in [5, 5.41) is 2.71. The van der Waals surface area contributed by atoms with Crippen LogP contribution >= 0.6 is 0 Å². The fraction of sp³-hybridized carbons (Fsp3) is 0.786. The average Bonchev–Trinajstić information content (AvgIpc) is 2.65. The fourth-order valence-electron chi connectivity index (χ4n) is 2.00. The van der Waals surface area contributed by atoms with Crippen molar-refractivity contribution in [2.75, 3.05) is 26.3 Å². The molecule has 0 spiro atoms. The van der Waals surface area contributed by atoms with E-state index in [9.17, 15) is 14.4 Å². The Hall–Kier alpha value is -1.43. The summed E-state index contributed by atoms with van der Waals surface area (Å²) in [7, 11) is 0. The van der Waals surface area contributed by atoms with Crippen molar-refractivity contribution in [3.63, 3.8) is 0 Å². The predicted octanol–water partition coefficient (Wildman–Crippen LogP) is 0.704. The molecule has 1 fully saturated rings. The van der Waals surface area contributed by atoms with Crippen LogP contribution in [0.4, 0.5) is 0 Å². The molecule has 6 heteroatoms. The quantitative estimate of drug-likeness (QED) is 0.499. The Labute approximate surface area is 119 Å². The highest BCUT2D eigenvalue weighted by atomic mass is 16.5. The molecule has 1 saturated heterocycles. The van der Waals surface area contributed by atoms with Crippen LogP contribution in [0, 0.1) is 5.92 Å². The summed E-state index contributed by atoms with van der Waals surface area (Å²) in [4.78, 5) is 35.9. The molecule has 1 aliphatic heterocycles. The van der Waals surface area contributed by atoms with Gasteiger partial charge >= 0.3 is 0 Å². The van der Waals surface area contributed by atoms with Gasteiger partial charge in [0.2, 0.25) is 17.7 Å². The second-order valence-corrected chi connectivity index (χ2v) is 5.05. The summed E-state index contributed by atoms with van der Waals surface area (Å²) < 4.78 is 5.32. The van der Waals surface area contributed by atoms with Crippen molar-refractivity contribution in [2.45, 2.75) is 39.5 Å². The normalized spacial score (nSPS) is 18.7. The molecule has 20 heavy (non-hydrogen) atoms. The molecule has 0 aliphatic carbocycles. The van der Waals surface area contributed by atoms with Crippen LogP contribution in [0.15, 0.2) is 0 Å². The number of hydrogen-bond acceptors (Lipinski definition) is 4. The number of nitrogens with one attached hydrogen (secondary N) is 1. The molecule has 0 aromatic carbocycles. The van der Waals surface area contributed by atoms with Crippen LogP contribution in [0.3, 0.4) is 0 Å². The van der Waals surface area contributed by atoms with Crippen molar-refractivity contribution in [3.8, 4) is 0 Å². The van der Waals surface area contributed by atoms with Crippen LogP contribution in [-0.2, 0) is 19.1 Å². The first-order valence-electron chi connectivity index (χ1n) is 7.25. The average molecular weight is 284 g/mol. The number of imide groups is 1. The molecule has 1 atom stereocenters. The maximum Gasteiger partial charge on any atom is 0.232 e. The van der Waals surface area contributed by atoms with Crippen LogP contribution in [0.2, 0.25) is 0 Å². The third-order valence-corrected chi connectivity index (χ3v) is 3.24. The SMILES string of the molecule is CCCCOCCNC(=O)CCN1C(=O)CC(C)C1=O. The van der Waals surface area contributed by atoms with Gasteiger partial charge in [0.1, 0.15) is 0 Å². The van der Waals surface area contributed by atoms with Gasteiger partial charge in [-0.05, 0) is 6.42 Å². The smallest absolute Gasteiger partial charge is 0.232 e. The highest BCUT2D eigenvalue weighted by Gasteiger charge is 2.35. The van der Waals surface area contributed by atoms with Gasteiger partial charge in [-0.2, -0.15) is 0 Å². The van der Waals surface area contributed by atoms with Crippen molar-refractivity contribution in [2.24, 2.45) is 5.92 Å². The molecule has 114 valence electrons. The molecule has 0 aromatic rings. The van der Waals surface area contributed by atoms with Gasteiger partial charge in [-0.25, -0.2) is 0 Å². The number of hydrogen-bond donors (Lipinski definition) is 1. The monoisotopic (exact) mass is 284 g/mol. The molecule has 0 aromatic heterocycles. The number of rotatable bonds is 9. The topological polar surface area (TPSA) is 75.7 Å². The molecular weight excluding hydrogens is 260 g/mol. The predicted molar refractivity (Wildman–Crippen MR) is 73.9 cm³/mol. The van der Waals surface area contributed by atoms with Crippen molar-refractivity contribution < 1.29 is 19.1 Å². The molecule has 1 N–H and O–H groups in total. The zero-order valence-electron chi connectivity index (χ0n) is 12.3. The van der Waals surface area contributed by atoms with Gasteiger partial charge in [-0.15, -0.1) is 0 Å². The Kier molecular flexibility index (Phi) is 7.22. The van der Waals surface area contributed by atoms with Gasteiger partial charge in [0.25, 0.3) is 0 Å². The van der Waals surface area contributed by atoms with Crippen molar-refractivity contribution in [1.82, 2.24) is 10.2 Å². The summed E-state index contributed by atoms with van der Waals surface area (Å²) in [5.74, 6) is -0.773. The standard InChI is InChI=1S/C14H24N2O4/c1-3-4-8-20-9-6-15-12(17)5-7-16-13(18)10-11(2)14(16)19/h11H,3-10H2,1-2H3,(H,15,17). The van der Waals surface area contributed by atoms with Crippen LogP contribution in [-0.4, -0.2) is 48.9 Å². The van der Waals surface area contributed by atoms with Crippen LogP contribution in [0.25, 0.3) is 0 Å². The van der Waals surface area contributed by atoms with E-state index in [4.69, 9.17) is 4.74 Å². The van der Waals surface area contributed by atoms with Gasteiger partial charge in [-0.3, -0.25) is 19.3 Å². The molecule has 0 radical (unpaired) electrons. The molecule has 1 aliphatic rings. The molecule has 0 bridgehead atoms. The lowest BCUT2D eigenvalue weighted by Crippen LogP contribution is -2.35. The zero-order valence-corrected chi connectivity index (χ0v) is 12.3. The van der Waals surface area contributed by atoms with Gasteiger partial charge in [0.05, 0.1) is 6.61 Å². The first kappa shape index (κ1) is 16.6. The van der Waals surface area contributed by atoms with Crippen LogP contribution in [0.1, 0.15) is 39.5 Å². The molecule has 0 saturated carbocycles. The van der Waals surface area contributed by atoms with E-state index >= 15 is 0 Å². The van der Waals surface area contributed by atoms with E-state index in [2.05, 4.69) is 12.2 Å².